The summed E-state index contributed by atoms with van der Waals surface area (Å²) >= 11 is 0. The lowest BCUT2D eigenvalue weighted by molar-refractivity contribution is -0.134. The number of guanidine groups is 1. The average Bonchev–Trinajstić information content (AvgIpc) is 3.41. The molecule has 3 aliphatic rings. The Hall–Kier alpha value is -1.30. The summed E-state index contributed by atoms with van der Waals surface area (Å²) in [6, 6.07) is 0.321. The highest BCUT2D eigenvalue weighted by molar-refractivity contribution is 5.81. The molecule has 0 aromatic rings. The fraction of sp³-hybridized carbons (Fsp3) is 0.905. The second-order valence-corrected chi connectivity index (χ2v) is 8.73. The topological polar surface area (TPSA) is 60.0 Å². The highest BCUT2D eigenvalue weighted by Gasteiger charge is 2.32. The number of carbonyl (C=O) groups excluding carboxylic acids is 1. The smallest absolute Gasteiger partial charge is 0.225 e. The second-order valence-electron chi connectivity index (χ2n) is 8.73. The van der Waals surface area contributed by atoms with Gasteiger partial charge in [0.15, 0.2) is 5.96 Å². The monoisotopic (exact) mass is 377 g/mol. The van der Waals surface area contributed by atoms with Crippen molar-refractivity contribution in [2.24, 2.45) is 16.8 Å². The van der Waals surface area contributed by atoms with Gasteiger partial charge in [-0.15, -0.1) is 0 Å². The Balaban J connectivity index is 1.44. The van der Waals surface area contributed by atoms with Crippen LogP contribution in [0.4, 0.5) is 0 Å². The summed E-state index contributed by atoms with van der Waals surface area (Å²) in [6.07, 6.45) is 8.33. The van der Waals surface area contributed by atoms with E-state index in [0.29, 0.717) is 17.9 Å². The van der Waals surface area contributed by atoms with Gasteiger partial charge >= 0.3 is 0 Å². The fourth-order valence-corrected chi connectivity index (χ4v) is 4.73. The van der Waals surface area contributed by atoms with Crippen LogP contribution in [0.1, 0.15) is 58.8 Å². The summed E-state index contributed by atoms with van der Waals surface area (Å²) in [4.78, 5) is 22.1. The number of hydrogen-bond donors (Lipinski definition) is 2. The van der Waals surface area contributed by atoms with Crippen LogP contribution in [-0.4, -0.2) is 73.5 Å². The minimum absolute atomic E-state index is 0.289. The Morgan fingerprint density at radius 3 is 2.56 bits per heavy atom. The Labute approximate surface area is 165 Å². The molecule has 6 nitrogen and oxygen atoms in total. The molecule has 1 saturated carbocycles. The molecule has 0 spiro atoms. The second kappa shape index (κ2) is 10.3. The molecule has 1 amide bonds. The van der Waals surface area contributed by atoms with Gasteiger partial charge in [0.1, 0.15) is 0 Å². The van der Waals surface area contributed by atoms with Crippen molar-refractivity contribution in [1.82, 2.24) is 20.4 Å². The molecule has 1 aliphatic carbocycles. The number of carbonyl (C=O) groups is 1. The summed E-state index contributed by atoms with van der Waals surface area (Å²) in [6.45, 7) is 11.5. The van der Waals surface area contributed by atoms with E-state index >= 15 is 0 Å². The average molecular weight is 378 g/mol. The highest BCUT2D eigenvalue weighted by atomic mass is 16.2. The van der Waals surface area contributed by atoms with Gasteiger partial charge in [-0.25, -0.2) is 0 Å². The maximum atomic E-state index is 12.6. The van der Waals surface area contributed by atoms with E-state index in [4.69, 9.17) is 4.99 Å². The number of aliphatic imine (C=N–C) groups is 1. The lowest BCUT2D eigenvalue weighted by Crippen LogP contribution is -2.45. The Bertz CT molecular complexity index is 497. The van der Waals surface area contributed by atoms with Gasteiger partial charge < -0.3 is 20.4 Å². The number of nitrogens with one attached hydrogen (secondary N) is 2. The third kappa shape index (κ3) is 6.09. The van der Waals surface area contributed by atoms with E-state index in [9.17, 15) is 4.79 Å². The highest BCUT2D eigenvalue weighted by Crippen LogP contribution is 2.27. The SMILES string of the molecule is CCNC(=NCC(C)CN1CCCC1)NC1CCN(C(=O)C2CCCC2)C1. The third-order valence-corrected chi connectivity index (χ3v) is 6.22. The zero-order valence-electron chi connectivity index (χ0n) is 17.4. The first-order chi connectivity index (χ1) is 13.2. The van der Waals surface area contributed by atoms with Gasteiger partial charge in [-0.3, -0.25) is 9.79 Å². The molecule has 2 atom stereocenters. The normalized spacial score (nSPS) is 25.9. The van der Waals surface area contributed by atoms with Gasteiger partial charge in [0, 0.05) is 44.7 Å². The molecule has 2 heterocycles. The minimum Gasteiger partial charge on any atom is -0.357 e. The van der Waals surface area contributed by atoms with E-state index < -0.39 is 0 Å². The summed E-state index contributed by atoms with van der Waals surface area (Å²) in [5.41, 5.74) is 0. The summed E-state index contributed by atoms with van der Waals surface area (Å²) in [5, 5.41) is 6.95. The standard InChI is InChI=1S/C21H39N5O/c1-3-22-21(23-14-17(2)15-25-11-6-7-12-25)24-19-10-13-26(16-19)20(27)18-8-4-5-9-18/h17-19H,3-16H2,1-2H3,(H2,22,23,24). The molecule has 2 saturated heterocycles. The van der Waals surface area contributed by atoms with Crippen molar-refractivity contribution in [3.63, 3.8) is 0 Å². The van der Waals surface area contributed by atoms with Crippen LogP contribution >= 0.6 is 0 Å². The first kappa shape index (κ1) is 20.4. The van der Waals surface area contributed by atoms with Crippen molar-refractivity contribution < 1.29 is 4.79 Å². The zero-order chi connectivity index (χ0) is 19.1. The van der Waals surface area contributed by atoms with Gasteiger partial charge in [-0.1, -0.05) is 19.8 Å². The molecule has 0 bridgehead atoms. The predicted octanol–water partition coefficient (Wildman–Crippen LogP) is 2.06. The van der Waals surface area contributed by atoms with Gasteiger partial charge in [0.2, 0.25) is 5.91 Å². The Kier molecular flexibility index (Phi) is 7.80. The van der Waals surface area contributed by atoms with Crippen LogP contribution in [0.3, 0.4) is 0 Å². The van der Waals surface area contributed by atoms with Crippen molar-refractivity contribution in [1.29, 1.82) is 0 Å². The first-order valence-corrected chi connectivity index (χ1v) is 11.2. The van der Waals surface area contributed by atoms with E-state index in [1.807, 2.05) is 0 Å². The van der Waals surface area contributed by atoms with Crippen LogP contribution in [-0.2, 0) is 4.79 Å². The largest absolute Gasteiger partial charge is 0.357 e. The lowest BCUT2D eigenvalue weighted by atomic mass is 10.1. The molecule has 2 aliphatic heterocycles. The quantitative estimate of drug-likeness (QED) is 0.527. The van der Waals surface area contributed by atoms with Crippen molar-refractivity contribution in [3.05, 3.63) is 0 Å². The number of likely N-dealkylation sites (tertiary alicyclic amines) is 2. The number of hydrogen-bond acceptors (Lipinski definition) is 3. The Morgan fingerprint density at radius 1 is 1.11 bits per heavy atom. The molecule has 6 heteroatoms. The molecule has 27 heavy (non-hydrogen) atoms. The third-order valence-electron chi connectivity index (χ3n) is 6.22. The van der Waals surface area contributed by atoms with E-state index in [-0.39, 0.29) is 5.92 Å². The maximum absolute atomic E-state index is 12.6. The van der Waals surface area contributed by atoms with Crippen LogP contribution in [0.2, 0.25) is 0 Å². The number of nitrogens with zero attached hydrogens (tertiary/aromatic N) is 3. The molecule has 0 aromatic carbocycles. The molecular formula is C21H39N5O. The Morgan fingerprint density at radius 2 is 1.85 bits per heavy atom. The molecule has 0 aromatic heterocycles. The van der Waals surface area contributed by atoms with Crippen LogP contribution in [0, 0.1) is 11.8 Å². The van der Waals surface area contributed by atoms with Gasteiger partial charge in [-0.05, 0) is 58.0 Å². The number of amides is 1. The van der Waals surface area contributed by atoms with Crippen LogP contribution < -0.4 is 10.6 Å². The molecule has 3 rings (SSSR count). The minimum atomic E-state index is 0.289. The first-order valence-electron chi connectivity index (χ1n) is 11.2. The van der Waals surface area contributed by atoms with Gasteiger partial charge in [0.25, 0.3) is 0 Å². The number of rotatable bonds is 7. The van der Waals surface area contributed by atoms with Crippen molar-refractivity contribution in [2.75, 3.05) is 45.8 Å². The zero-order valence-corrected chi connectivity index (χ0v) is 17.4. The van der Waals surface area contributed by atoms with Crippen LogP contribution in [0.15, 0.2) is 4.99 Å². The van der Waals surface area contributed by atoms with E-state index in [1.165, 1.54) is 38.8 Å². The molecule has 3 fully saturated rings. The summed E-state index contributed by atoms with van der Waals surface area (Å²) in [5.74, 6) is 2.16. The maximum Gasteiger partial charge on any atom is 0.225 e. The van der Waals surface area contributed by atoms with E-state index in [1.54, 1.807) is 0 Å². The molecule has 2 N–H and O–H groups in total. The van der Waals surface area contributed by atoms with Crippen molar-refractivity contribution in [3.8, 4) is 0 Å². The molecule has 0 radical (unpaired) electrons. The molecular weight excluding hydrogens is 338 g/mol. The van der Waals surface area contributed by atoms with Crippen molar-refractivity contribution in [2.45, 2.75) is 64.8 Å². The van der Waals surface area contributed by atoms with Crippen LogP contribution in [0.25, 0.3) is 0 Å². The van der Waals surface area contributed by atoms with Gasteiger partial charge in [0.05, 0.1) is 0 Å². The van der Waals surface area contributed by atoms with Gasteiger partial charge in [-0.2, -0.15) is 0 Å². The molecule has 154 valence electrons. The van der Waals surface area contributed by atoms with Crippen molar-refractivity contribution >= 4 is 11.9 Å². The van der Waals surface area contributed by atoms with E-state index in [2.05, 4.69) is 34.3 Å². The lowest BCUT2D eigenvalue weighted by Gasteiger charge is -2.22. The molecule has 2 unspecified atom stereocenters. The summed E-state index contributed by atoms with van der Waals surface area (Å²) < 4.78 is 0. The van der Waals surface area contributed by atoms with Crippen LogP contribution in [0.5, 0.6) is 0 Å². The van der Waals surface area contributed by atoms with E-state index in [0.717, 1.165) is 57.9 Å². The summed E-state index contributed by atoms with van der Waals surface area (Å²) in [7, 11) is 0. The predicted molar refractivity (Wildman–Crippen MR) is 111 cm³/mol. The fourth-order valence-electron chi connectivity index (χ4n) is 4.73.